The minimum Gasteiger partial charge on any atom is -0.325 e. The Bertz CT molecular complexity index is 976. The van der Waals surface area contributed by atoms with E-state index in [0.29, 0.717) is 21.7 Å². The molecule has 0 unspecified atom stereocenters. The predicted octanol–water partition coefficient (Wildman–Crippen LogP) is 3.78. The Morgan fingerprint density at radius 1 is 1.19 bits per heavy atom. The van der Waals surface area contributed by atoms with Crippen molar-refractivity contribution in [2.24, 2.45) is 0 Å². The molecule has 0 saturated heterocycles. The fourth-order valence-corrected chi connectivity index (χ4v) is 4.08. The Morgan fingerprint density at radius 3 is 2.59 bits per heavy atom. The van der Waals surface area contributed by atoms with Gasteiger partial charge in [-0.25, -0.2) is 9.07 Å². The van der Waals surface area contributed by atoms with Gasteiger partial charge in [-0.15, -0.1) is 10.2 Å². The predicted molar refractivity (Wildman–Crippen MR) is 103 cm³/mol. The molecule has 138 valence electrons. The number of hydrogen-bond acceptors (Lipinski definition) is 5. The molecule has 0 fully saturated rings. The quantitative estimate of drug-likeness (QED) is 0.696. The van der Waals surface area contributed by atoms with E-state index in [4.69, 9.17) is 11.6 Å². The summed E-state index contributed by atoms with van der Waals surface area (Å²) in [5, 5.41) is 11.7. The third-order valence-corrected chi connectivity index (χ3v) is 5.66. The number of hydrogen-bond donors (Lipinski definition) is 2. The summed E-state index contributed by atoms with van der Waals surface area (Å²) in [5.74, 6) is 0.155. The summed E-state index contributed by atoms with van der Waals surface area (Å²) in [7, 11) is 0. The molecular weight excluding hydrogens is 389 g/mol. The highest BCUT2D eigenvalue weighted by Gasteiger charge is 2.37. The highest BCUT2D eigenvalue weighted by Crippen LogP contribution is 2.37. The highest BCUT2D eigenvalue weighted by molar-refractivity contribution is 8.00. The molecular formula is C18H15ClFN5OS. The van der Waals surface area contributed by atoms with E-state index in [0.717, 1.165) is 5.56 Å². The summed E-state index contributed by atoms with van der Waals surface area (Å²) in [4.78, 5) is 13.0. The molecule has 4 rings (SSSR count). The van der Waals surface area contributed by atoms with Crippen molar-refractivity contribution in [3.05, 3.63) is 70.8 Å². The second kappa shape index (κ2) is 7.21. The zero-order chi connectivity index (χ0) is 19.0. The van der Waals surface area contributed by atoms with Gasteiger partial charge in [0.05, 0.1) is 6.04 Å². The van der Waals surface area contributed by atoms with Crippen LogP contribution >= 0.6 is 23.4 Å². The third kappa shape index (κ3) is 3.63. The minimum absolute atomic E-state index is 0.198. The normalized spacial score (nSPS) is 18.5. The van der Waals surface area contributed by atoms with Crippen LogP contribution in [0.3, 0.4) is 0 Å². The number of thioether (sulfide) groups is 1. The Balaban J connectivity index is 1.65. The van der Waals surface area contributed by atoms with Gasteiger partial charge in [0, 0.05) is 10.7 Å². The number of nitrogens with one attached hydrogen (secondary N) is 2. The molecule has 27 heavy (non-hydrogen) atoms. The van der Waals surface area contributed by atoms with Crippen LogP contribution in [0.5, 0.6) is 0 Å². The van der Waals surface area contributed by atoms with Crippen molar-refractivity contribution in [3.8, 4) is 0 Å². The number of aromatic nitrogens is 3. The first-order chi connectivity index (χ1) is 13.0. The van der Waals surface area contributed by atoms with E-state index >= 15 is 0 Å². The van der Waals surface area contributed by atoms with Crippen molar-refractivity contribution in [3.63, 3.8) is 0 Å². The van der Waals surface area contributed by atoms with Crippen LogP contribution in [0.2, 0.25) is 5.02 Å². The van der Waals surface area contributed by atoms with Crippen molar-refractivity contribution in [1.82, 2.24) is 14.9 Å². The number of anilines is 1. The van der Waals surface area contributed by atoms with Crippen LogP contribution in [0.25, 0.3) is 0 Å². The number of carbonyl (C=O) groups excluding carboxylic acids is 1. The summed E-state index contributed by atoms with van der Waals surface area (Å²) in [6.07, 6.45) is 0. The molecule has 0 saturated carbocycles. The number of fused-ring (bicyclic) bond motifs is 1. The lowest BCUT2D eigenvalue weighted by Crippen LogP contribution is -2.41. The van der Waals surface area contributed by atoms with Gasteiger partial charge in [-0.3, -0.25) is 4.79 Å². The average Bonchev–Trinajstić information content (AvgIpc) is 3.03. The van der Waals surface area contributed by atoms with E-state index in [1.807, 2.05) is 6.92 Å². The molecule has 0 bridgehead atoms. The molecule has 1 aliphatic rings. The molecule has 3 aromatic rings. The summed E-state index contributed by atoms with van der Waals surface area (Å²) in [6, 6.07) is 12.6. The Morgan fingerprint density at radius 2 is 1.89 bits per heavy atom. The van der Waals surface area contributed by atoms with Crippen molar-refractivity contribution < 1.29 is 9.18 Å². The molecule has 2 aromatic carbocycles. The average molecular weight is 404 g/mol. The maximum Gasteiger partial charge on any atom is 0.240 e. The van der Waals surface area contributed by atoms with Gasteiger partial charge in [-0.1, -0.05) is 35.5 Å². The lowest BCUT2D eigenvalue weighted by atomic mass is 10.0. The van der Waals surface area contributed by atoms with Crippen LogP contribution in [-0.4, -0.2) is 26.0 Å². The lowest BCUT2D eigenvalue weighted by molar-refractivity contribution is -0.116. The van der Waals surface area contributed by atoms with Gasteiger partial charge in [-0.05, 0) is 48.9 Å². The van der Waals surface area contributed by atoms with Crippen LogP contribution in [0.1, 0.15) is 17.4 Å². The second-order valence-corrected chi connectivity index (χ2v) is 7.60. The number of amides is 1. The van der Waals surface area contributed by atoms with Gasteiger partial charge in [0.25, 0.3) is 0 Å². The fourth-order valence-electron chi connectivity index (χ4n) is 2.83. The lowest BCUT2D eigenvalue weighted by Gasteiger charge is -2.32. The number of benzene rings is 2. The monoisotopic (exact) mass is 403 g/mol. The zero-order valence-electron chi connectivity index (χ0n) is 14.2. The van der Waals surface area contributed by atoms with Gasteiger partial charge >= 0.3 is 0 Å². The molecule has 1 aliphatic heterocycles. The van der Waals surface area contributed by atoms with Gasteiger partial charge in [0.1, 0.15) is 16.9 Å². The fraction of sp³-hybridized carbons (Fsp3) is 0.167. The third-order valence-electron chi connectivity index (χ3n) is 4.20. The number of aryl methyl sites for hydroxylation is 1. The number of halogens is 2. The van der Waals surface area contributed by atoms with E-state index in [-0.39, 0.29) is 17.8 Å². The Labute approximate surface area is 164 Å². The molecule has 0 radical (unpaired) electrons. The van der Waals surface area contributed by atoms with E-state index in [2.05, 4.69) is 20.9 Å². The Hall–Kier alpha value is -2.58. The van der Waals surface area contributed by atoms with Crippen LogP contribution in [0, 0.1) is 12.7 Å². The molecule has 2 N–H and O–H groups in total. The number of rotatable bonds is 3. The maximum atomic E-state index is 13.3. The standard InChI is InChI=1S/C18H15ClFN5OS/c1-10-22-23-18-25(10)24-15(11-2-6-13(20)7-3-11)16(27-18)17(26)21-14-8-4-12(19)5-9-14/h2-9,15-16,24H,1H3,(H,21,26)/t15-,16-/m0/s1. The molecule has 6 nitrogen and oxygen atoms in total. The molecule has 0 spiro atoms. The SMILES string of the molecule is Cc1nnc2n1N[C@@H](c1ccc(F)cc1)[C@@H](C(=O)Nc1ccc(Cl)cc1)S2. The van der Waals surface area contributed by atoms with Crippen LogP contribution in [0.15, 0.2) is 53.7 Å². The van der Waals surface area contributed by atoms with Crippen molar-refractivity contribution in [2.45, 2.75) is 23.4 Å². The summed E-state index contributed by atoms with van der Waals surface area (Å²) in [5.41, 5.74) is 4.71. The van der Waals surface area contributed by atoms with Crippen molar-refractivity contribution in [2.75, 3.05) is 10.7 Å². The smallest absolute Gasteiger partial charge is 0.240 e. The summed E-state index contributed by atoms with van der Waals surface area (Å²) < 4.78 is 15.1. The molecule has 2 atom stereocenters. The second-order valence-electron chi connectivity index (χ2n) is 6.06. The highest BCUT2D eigenvalue weighted by atomic mass is 35.5. The van der Waals surface area contributed by atoms with E-state index < -0.39 is 5.25 Å². The molecule has 1 aromatic heterocycles. The van der Waals surface area contributed by atoms with Crippen LogP contribution < -0.4 is 10.7 Å². The largest absolute Gasteiger partial charge is 0.325 e. The first-order valence-electron chi connectivity index (χ1n) is 8.18. The van der Waals surface area contributed by atoms with Gasteiger partial charge in [0.2, 0.25) is 11.1 Å². The Kier molecular flexibility index (Phi) is 4.75. The van der Waals surface area contributed by atoms with E-state index in [9.17, 15) is 9.18 Å². The molecule has 9 heteroatoms. The van der Waals surface area contributed by atoms with E-state index in [1.165, 1.54) is 23.9 Å². The minimum atomic E-state index is -0.526. The topological polar surface area (TPSA) is 71.8 Å². The molecule has 0 aliphatic carbocycles. The van der Waals surface area contributed by atoms with Crippen molar-refractivity contribution in [1.29, 1.82) is 0 Å². The van der Waals surface area contributed by atoms with Crippen LogP contribution in [-0.2, 0) is 4.79 Å². The summed E-state index contributed by atoms with van der Waals surface area (Å²) in [6.45, 7) is 1.82. The number of nitrogens with zero attached hydrogens (tertiary/aromatic N) is 3. The molecule has 1 amide bonds. The van der Waals surface area contributed by atoms with Gasteiger partial charge in [-0.2, -0.15) is 0 Å². The van der Waals surface area contributed by atoms with E-state index in [1.54, 1.807) is 41.1 Å². The summed E-state index contributed by atoms with van der Waals surface area (Å²) >= 11 is 7.21. The van der Waals surface area contributed by atoms with Crippen molar-refractivity contribution >= 4 is 35.0 Å². The van der Waals surface area contributed by atoms with Gasteiger partial charge < -0.3 is 10.7 Å². The first-order valence-corrected chi connectivity index (χ1v) is 9.44. The molecule has 2 heterocycles. The number of carbonyl (C=O) groups is 1. The van der Waals surface area contributed by atoms with Gasteiger partial charge in [0.15, 0.2) is 0 Å². The maximum absolute atomic E-state index is 13.3. The zero-order valence-corrected chi connectivity index (χ0v) is 15.8. The first kappa shape index (κ1) is 17.8. The van der Waals surface area contributed by atoms with Crippen LogP contribution in [0.4, 0.5) is 10.1 Å².